The van der Waals surface area contributed by atoms with Gasteiger partial charge >= 0.3 is 0 Å². The van der Waals surface area contributed by atoms with Crippen LogP contribution in [0.3, 0.4) is 0 Å². The van der Waals surface area contributed by atoms with Gasteiger partial charge in [0.15, 0.2) is 5.78 Å². The maximum absolute atomic E-state index is 10.7. The minimum absolute atomic E-state index is 0.0302. The Morgan fingerprint density at radius 2 is 1.94 bits per heavy atom. The maximum atomic E-state index is 10.7. The molecule has 0 aliphatic heterocycles. The molecule has 0 bridgehead atoms. The van der Waals surface area contributed by atoms with Crippen molar-refractivity contribution in [1.29, 1.82) is 0 Å². The molecule has 1 unspecified atom stereocenters. The van der Waals surface area contributed by atoms with Crippen molar-refractivity contribution < 1.29 is 19.1 Å². The molecule has 0 aromatic heterocycles. The summed E-state index contributed by atoms with van der Waals surface area (Å²) in [5, 5.41) is 3.00. The van der Waals surface area contributed by atoms with Crippen molar-refractivity contribution in [3.8, 4) is 0 Å². The number of ketones is 1. The third-order valence-electron chi connectivity index (χ3n) is 2.14. The molecule has 0 amide bonds. The van der Waals surface area contributed by atoms with Crippen molar-refractivity contribution in [1.82, 2.24) is 10.8 Å². The number of likely N-dealkylation sites (N-methyl/N-ethyl adjacent to an activating group) is 1. The molecule has 2 N–H and O–H groups in total. The van der Waals surface area contributed by atoms with Gasteiger partial charge in [-0.25, -0.2) is 5.48 Å². The molecule has 0 aliphatic rings. The number of hydrogen-bond acceptors (Lipinski definition) is 6. The van der Waals surface area contributed by atoms with Crippen molar-refractivity contribution in [3.63, 3.8) is 0 Å². The van der Waals surface area contributed by atoms with Gasteiger partial charge in [0.25, 0.3) is 0 Å². The van der Waals surface area contributed by atoms with E-state index in [4.69, 9.17) is 14.3 Å². The zero-order valence-corrected chi connectivity index (χ0v) is 11.7. The highest BCUT2D eigenvalue weighted by Gasteiger charge is 2.03. The summed E-state index contributed by atoms with van der Waals surface area (Å²) in [6.45, 7) is 7.00. The minimum Gasteiger partial charge on any atom is -0.379 e. The van der Waals surface area contributed by atoms with E-state index in [1.54, 1.807) is 0 Å². The Kier molecular flexibility index (Phi) is 12.5. The second-order valence-corrected chi connectivity index (χ2v) is 4.07. The molecule has 0 heterocycles. The van der Waals surface area contributed by atoms with E-state index >= 15 is 0 Å². The molecule has 0 rings (SSSR count). The predicted octanol–water partition coefficient (Wildman–Crippen LogP) is 0.128. The second-order valence-electron chi connectivity index (χ2n) is 4.07. The monoisotopic (exact) mass is 262 g/mol. The van der Waals surface area contributed by atoms with Gasteiger partial charge in [-0.05, 0) is 27.3 Å². The smallest absolute Gasteiger partial charge is 0.155 e. The van der Waals surface area contributed by atoms with Gasteiger partial charge in [-0.1, -0.05) is 0 Å². The second kappa shape index (κ2) is 12.9. The Labute approximate surface area is 109 Å². The lowest BCUT2D eigenvalue weighted by atomic mass is 10.3. The number of carbonyl (C=O) groups is 1. The minimum atomic E-state index is 0.0302. The number of nitrogens with one attached hydrogen (secondary N) is 2. The van der Waals surface area contributed by atoms with Gasteiger partial charge in [0, 0.05) is 13.1 Å². The molecular formula is C12H26N2O4. The summed E-state index contributed by atoms with van der Waals surface area (Å²) >= 11 is 0. The van der Waals surface area contributed by atoms with E-state index in [0.29, 0.717) is 26.4 Å². The van der Waals surface area contributed by atoms with Gasteiger partial charge in [-0.2, -0.15) is 0 Å². The Hall–Kier alpha value is -0.530. The van der Waals surface area contributed by atoms with Crippen LogP contribution in [0.5, 0.6) is 0 Å². The predicted molar refractivity (Wildman–Crippen MR) is 69.4 cm³/mol. The van der Waals surface area contributed by atoms with Gasteiger partial charge in [0.2, 0.25) is 0 Å². The van der Waals surface area contributed by atoms with Crippen LogP contribution in [-0.4, -0.2) is 58.5 Å². The first kappa shape index (κ1) is 17.5. The number of Topliss-reactive ketones (excluding diaryl/α,β-unsaturated/α-hetero) is 1. The van der Waals surface area contributed by atoms with Crippen LogP contribution in [0.4, 0.5) is 0 Å². The molecule has 0 saturated carbocycles. The summed E-state index contributed by atoms with van der Waals surface area (Å²) in [5.74, 6) is 0.0413. The van der Waals surface area contributed by atoms with Crippen LogP contribution in [0.2, 0.25) is 0 Å². The molecule has 18 heavy (non-hydrogen) atoms. The van der Waals surface area contributed by atoms with E-state index < -0.39 is 0 Å². The summed E-state index contributed by atoms with van der Waals surface area (Å²) in [4.78, 5) is 15.9. The molecular weight excluding hydrogens is 236 g/mol. The summed E-state index contributed by atoms with van der Waals surface area (Å²) in [7, 11) is 1.89. The number of rotatable bonds is 13. The van der Waals surface area contributed by atoms with Crippen molar-refractivity contribution in [2.45, 2.75) is 26.4 Å². The fourth-order valence-corrected chi connectivity index (χ4v) is 1.10. The summed E-state index contributed by atoms with van der Waals surface area (Å²) in [6, 6.07) is 0. The standard InChI is InChI=1S/C12H26N2O4/c1-11(15)10-17-12(2)4-7-18-14-6-9-16-8-5-13-3/h12-14H,4-10H2,1-3H3. The lowest BCUT2D eigenvalue weighted by molar-refractivity contribution is -0.123. The van der Waals surface area contributed by atoms with Crippen LogP contribution >= 0.6 is 0 Å². The fourth-order valence-electron chi connectivity index (χ4n) is 1.10. The molecule has 0 aromatic rings. The van der Waals surface area contributed by atoms with E-state index in [1.165, 1.54) is 6.92 Å². The van der Waals surface area contributed by atoms with E-state index in [9.17, 15) is 4.79 Å². The molecule has 0 aromatic carbocycles. The zero-order valence-electron chi connectivity index (χ0n) is 11.7. The number of hydrogen-bond donors (Lipinski definition) is 2. The molecule has 6 nitrogen and oxygen atoms in total. The maximum Gasteiger partial charge on any atom is 0.155 e. The fraction of sp³-hybridized carbons (Fsp3) is 0.917. The highest BCUT2D eigenvalue weighted by molar-refractivity contribution is 5.76. The van der Waals surface area contributed by atoms with Gasteiger partial charge in [0.05, 0.1) is 25.9 Å². The van der Waals surface area contributed by atoms with Gasteiger partial charge in [0.1, 0.15) is 6.61 Å². The average molecular weight is 262 g/mol. The Morgan fingerprint density at radius 1 is 1.22 bits per heavy atom. The highest BCUT2D eigenvalue weighted by atomic mass is 16.6. The van der Waals surface area contributed by atoms with Crippen molar-refractivity contribution in [3.05, 3.63) is 0 Å². The van der Waals surface area contributed by atoms with Crippen molar-refractivity contribution in [2.24, 2.45) is 0 Å². The van der Waals surface area contributed by atoms with E-state index in [1.807, 2.05) is 14.0 Å². The lowest BCUT2D eigenvalue weighted by Gasteiger charge is -2.12. The molecule has 0 saturated heterocycles. The van der Waals surface area contributed by atoms with Crippen LogP contribution < -0.4 is 10.8 Å². The van der Waals surface area contributed by atoms with Crippen molar-refractivity contribution >= 4 is 5.78 Å². The van der Waals surface area contributed by atoms with Gasteiger partial charge in [-0.15, -0.1) is 0 Å². The largest absolute Gasteiger partial charge is 0.379 e. The first-order valence-electron chi connectivity index (χ1n) is 6.34. The van der Waals surface area contributed by atoms with Crippen LogP contribution in [0, 0.1) is 0 Å². The SMILES string of the molecule is CNCCOCCNOCCC(C)OCC(C)=O. The Balaban J connectivity index is 3.12. The van der Waals surface area contributed by atoms with Crippen LogP contribution in [-0.2, 0) is 19.1 Å². The van der Waals surface area contributed by atoms with Crippen molar-refractivity contribution in [2.75, 3.05) is 46.6 Å². The summed E-state index contributed by atoms with van der Waals surface area (Å²) < 4.78 is 10.6. The highest BCUT2D eigenvalue weighted by Crippen LogP contribution is 1.96. The molecule has 0 spiro atoms. The quantitative estimate of drug-likeness (QED) is 0.363. The zero-order chi connectivity index (χ0) is 13.6. The third-order valence-corrected chi connectivity index (χ3v) is 2.14. The molecule has 0 fully saturated rings. The topological polar surface area (TPSA) is 68.8 Å². The first-order valence-corrected chi connectivity index (χ1v) is 6.34. The molecule has 1 atom stereocenters. The van der Waals surface area contributed by atoms with Gasteiger partial charge in [-0.3, -0.25) is 4.79 Å². The average Bonchev–Trinajstić information content (AvgIpc) is 2.34. The summed E-state index contributed by atoms with van der Waals surface area (Å²) in [5.41, 5.74) is 2.81. The number of ether oxygens (including phenoxy) is 2. The number of carbonyl (C=O) groups excluding carboxylic acids is 1. The molecule has 6 heteroatoms. The Morgan fingerprint density at radius 3 is 2.61 bits per heavy atom. The number of hydroxylamine groups is 1. The van der Waals surface area contributed by atoms with E-state index in [-0.39, 0.29) is 18.5 Å². The lowest BCUT2D eigenvalue weighted by Crippen LogP contribution is -2.24. The molecule has 108 valence electrons. The van der Waals surface area contributed by atoms with Crippen LogP contribution in [0.25, 0.3) is 0 Å². The molecule has 0 radical (unpaired) electrons. The van der Waals surface area contributed by atoms with E-state index in [2.05, 4.69) is 10.8 Å². The third kappa shape index (κ3) is 13.5. The van der Waals surface area contributed by atoms with Crippen LogP contribution in [0.15, 0.2) is 0 Å². The van der Waals surface area contributed by atoms with E-state index in [0.717, 1.165) is 13.0 Å². The first-order chi connectivity index (χ1) is 8.66. The summed E-state index contributed by atoms with van der Waals surface area (Å²) in [6.07, 6.45) is 0.781. The molecule has 0 aliphatic carbocycles. The van der Waals surface area contributed by atoms with Crippen LogP contribution in [0.1, 0.15) is 20.3 Å². The Bertz CT molecular complexity index is 203. The normalized spacial score (nSPS) is 12.6. The van der Waals surface area contributed by atoms with Gasteiger partial charge < -0.3 is 19.6 Å².